The highest BCUT2D eigenvalue weighted by Crippen LogP contribution is 2.35. The first-order valence-corrected chi connectivity index (χ1v) is 5.99. The first-order chi connectivity index (χ1) is 8.56. The molecule has 1 unspecified atom stereocenters. The van der Waals surface area contributed by atoms with Crippen LogP contribution in [-0.2, 0) is 14.3 Å². The van der Waals surface area contributed by atoms with Gasteiger partial charge in [0.1, 0.15) is 5.60 Å². The van der Waals surface area contributed by atoms with Crippen molar-refractivity contribution >= 4 is 18.0 Å². The minimum atomic E-state index is -1.41. The van der Waals surface area contributed by atoms with Crippen LogP contribution in [0.2, 0.25) is 0 Å². The number of nitrogens with zero attached hydrogens (tertiary/aromatic N) is 1. The summed E-state index contributed by atoms with van der Waals surface area (Å²) in [7, 11) is 0. The zero-order valence-electron chi connectivity index (χ0n) is 11.3. The average Bonchev–Trinajstić information content (AvgIpc) is 2.59. The van der Waals surface area contributed by atoms with Crippen LogP contribution in [0, 0.1) is 5.41 Å². The van der Waals surface area contributed by atoms with Gasteiger partial charge in [-0.1, -0.05) is 0 Å². The smallest absolute Gasteiger partial charge is 0.410 e. The van der Waals surface area contributed by atoms with E-state index in [-0.39, 0.29) is 19.5 Å². The van der Waals surface area contributed by atoms with Gasteiger partial charge in [0.15, 0.2) is 0 Å². The van der Waals surface area contributed by atoms with Crippen molar-refractivity contribution in [2.45, 2.75) is 39.2 Å². The lowest BCUT2D eigenvalue weighted by Gasteiger charge is -2.26. The van der Waals surface area contributed by atoms with Crippen molar-refractivity contribution in [1.29, 1.82) is 0 Å². The van der Waals surface area contributed by atoms with E-state index in [1.54, 1.807) is 20.8 Å². The van der Waals surface area contributed by atoms with Gasteiger partial charge in [0.2, 0.25) is 0 Å². The molecule has 0 aliphatic carbocycles. The van der Waals surface area contributed by atoms with Crippen LogP contribution in [0.25, 0.3) is 0 Å². The largest absolute Gasteiger partial charge is 0.481 e. The molecule has 1 rings (SSSR count). The van der Waals surface area contributed by atoms with Gasteiger partial charge in [-0.3, -0.25) is 9.59 Å². The molecule has 0 spiro atoms. The van der Waals surface area contributed by atoms with Gasteiger partial charge in [-0.15, -0.1) is 0 Å². The Hall–Kier alpha value is -1.79. The van der Waals surface area contributed by atoms with E-state index in [0.717, 1.165) is 0 Å². The summed E-state index contributed by atoms with van der Waals surface area (Å²) in [5, 5.41) is 18.0. The Kier molecular flexibility index (Phi) is 4.07. The molecule has 7 nitrogen and oxygen atoms in total. The second-order valence-corrected chi connectivity index (χ2v) is 5.81. The summed E-state index contributed by atoms with van der Waals surface area (Å²) in [5.41, 5.74) is -2.08. The van der Waals surface area contributed by atoms with Gasteiger partial charge in [0.05, 0.1) is 11.8 Å². The highest BCUT2D eigenvalue weighted by atomic mass is 16.6. The molecule has 1 amide bonds. The van der Waals surface area contributed by atoms with Gasteiger partial charge in [0, 0.05) is 13.1 Å². The maximum Gasteiger partial charge on any atom is 0.410 e. The molecule has 0 saturated carbocycles. The fourth-order valence-corrected chi connectivity index (χ4v) is 2.04. The van der Waals surface area contributed by atoms with Crippen molar-refractivity contribution in [3.63, 3.8) is 0 Å². The normalized spacial score (nSPS) is 23.2. The Morgan fingerprint density at radius 2 is 1.84 bits per heavy atom. The molecule has 0 radical (unpaired) electrons. The van der Waals surface area contributed by atoms with Crippen LogP contribution in [-0.4, -0.2) is 51.8 Å². The molecule has 108 valence electrons. The zero-order chi connectivity index (χ0) is 14.8. The minimum absolute atomic E-state index is 0.119. The topological polar surface area (TPSA) is 104 Å². The van der Waals surface area contributed by atoms with Crippen molar-refractivity contribution in [2.75, 3.05) is 13.1 Å². The Morgan fingerprint density at radius 1 is 1.26 bits per heavy atom. The van der Waals surface area contributed by atoms with Gasteiger partial charge in [-0.25, -0.2) is 4.79 Å². The molecule has 1 aliphatic heterocycles. The lowest BCUT2D eigenvalue weighted by molar-refractivity contribution is -0.154. The summed E-state index contributed by atoms with van der Waals surface area (Å²) in [6.45, 7) is 5.19. The number of carbonyl (C=O) groups excluding carboxylic acids is 1. The molecule has 0 bridgehead atoms. The number of rotatable bonds is 3. The highest BCUT2D eigenvalue weighted by molar-refractivity contribution is 5.83. The van der Waals surface area contributed by atoms with E-state index in [9.17, 15) is 19.5 Å². The number of aliphatic carboxylic acids is 2. The third kappa shape index (κ3) is 3.84. The van der Waals surface area contributed by atoms with Crippen molar-refractivity contribution in [1.82, 2.24) is 4.90 Å². The molecule has 1 aliphatic rings. The van der Waals surface area contributed by atoms with E-state index in [2.05, 4.69) is 0 Å². The predicted molar refractivity (Wildman–Crippen MR) is 64.7 cm³/mol. The van der Waals surface area contributed by atoms with E-state index < -0.39 is 35.5 Å². The second kappa shape index (κ2) is 5.07. The maximum absolute atomic E-state index is 11.8. The molecular weight excluding hydrogens is 254 g/mol. The maximum atomic E-state index is 11.8. The molecule has 2 N–H and O–H groups in total. The number of carboxylic acids is 2. The highest BCUT2D eigenvalue weighted by Gasteiger charge is 2.48. The Bertz CT molecular complexity index is 400. The summed E-state index contributed by atoms with van der Waals surface area (Å²) in [6, 6.07) is 0. The number of carboxylic acid groups (broad SMARTS) is 2. The first-order valence-electron chi connectivity index (χ1n) is 5.99. The van der Waals surface area contributed by atoms with Crippen molar-refractivity contribution in [2.24, 2.45) is 5.41 Å². The SMILES string of the molecule is CC(C)(C)OC(=O)N1CCC(CC(=O)O)(C(=O)O)C1. The van der Waals surface area contributed by atoms with E-state index in [0.29, 0.717) is 0 Å². The van der Waals surface area contributed by atoms with Crippen molar-refractivity contribution in [3.8, 4) is 0 Å². The molecular formula is C12H19NO6. The monoisotopic (exact) mass is 273 g/mol. The van der Waals surface area contributed by atoms with Crippen molar-refractivity contribution in [3.05, 3.63) is 0 Å². The zero-order valence-corrected chi connectivity index (χ0v) is 11.3. The molecule has 0 aromatic heterocycles. The third-order valence-corrected chi connectivity index (χ3v) is 2.95. The number of amides is 1. The summed E-state index contributed by atoms with van der Waals surface area (Å²) in [5.74, 6) is -2.38. The van der Waals surface area contributed by atoms with Crippen molar-refractivity contribution < 1.29 is 29.3 Å². The number of likely N-dealkylation sites (tertiary alicyclic amines) is 1. The number of hydrogen-bond donors (Lipinski definition) is 2. The van der Waals surface area contributed by atoms with E-state index >= 15 is 0 Å². The average molecular weight is 273 g/mol. The van der Waals surface area contributed by atoms with Crippen LogP contribution in [0.4, 0.5) is 4.79 Å². The van der Waals surface area contributed by atoms with Crippen LogP contribution < -0.4 is 0 Å². The van der Waals surface area contributed by atoms with E-state index in [1.807, 2.05) is 0 Å². The Labute approximate surface area is 111 Å². The molecule has 1 atom stereocenters. The second-order valence-electron chi connectivity index (χ2n) is 5.81. The molecule has 19 heavy (non-hydrogen) atoms. The Morgan fingerprint density at radius 3 is 2.26 bits per heavy atom. The molecule has 0 aromatic rings. The van der Waals surface area contributed by atoms with E-state index in [1.165, 1.54) is 4.90 Å². The third-order valence-electron chi connectivity index (χ3n) is 2.95. The summed E-state index contributed by atoms with van der Waals surface area (Å²) >= 11 is 0. The van der Waals surface area contributed by atoms with Gasteiger partial charge >= 0.3 is 18.0 Å². The van der Waals surface area contributed by atoms with Crippen LogP contribution in [0.1, 0.15) is 33.6 Å². The summed E-state index contributed by atoms with van der Waals surface area (Å²) < 4.78 is 5.15. The van der Waals surface area contributed by atoms with Gasteiger partial charge < -0.3 is 19.8 Å². The van der Waals surface area contributed by atoms with Gasteiger partial charge in [-0.2, -0.15) is 0 Å². The van der Waals surface area contributed by atoms with Gasteiger partial charge in [-0.05, 0) is 27.2 Å². The first kappa shape index (κ1) is 15.3. The van der Waals surface area contributed by atoms with Crippen LogP contribution in [0.5, 0.6) is 0 Å². The lowest BCUT2D eigenvalue weighted by Crippen LogP contribution is -2.40. The molecule has 1 heterocycles. The molecule has 7 heteroatoms. The lowest BCUT2D eigenvalue weighted by atomic mass is 9.84. The number of carbonyl (C=O) groups is 3. The summed E-state index contributed by atoms with van der Waals surface area (Å²) in [6.07, 6.45) is -0.990. The van der Waals surface area contributed by atoms with Crippen LogP contribution in [0.3, 0.4) is 0 Å². The van der Waals surface area contributed by atoms with E-state index in [4.69, 9.17) is 9.84 Å². The quantitative estimate of drug-likeness (QED) is 0.800. The minimum Gasteiger partial charge on any atom is -0.481 e. The Balaban J connectivity index is 2.77. The number of hydrogen-bond acceptors (Lipinski definition) is 4. The molecule has 1 saturated heterocycles. The van der Waals surface area contributed by atoms with Gasteiger partial charge in [0.25, 0.3) is 0 Å². The predicted octanol–water partition coefficient (Wildman–Crippen LogP) is 1.17. The summed E-state index contributed by atoms with van der Waals surface area (Å²) in [4.78, 5) is 35.1. The van der Waals surface area contributed by atoms with Crippen LogP contribution in [0.15, 0.2) is 0 Å². The number of ether oxygens (including phenoxy) is 1. The molecule has 0 aromatic carbocycles. The molecule has 1 fully saturated rings. The fraction of sp³-hybridized carbons (Fsp3) is 0.750. The van der Waals surface area contributed by atoms with Crippen LogP contribution >= 0.6 is 0 Å². The standard InChI is InChI=1S/C12H19NO6/c1-11(2,3)19-10(18)13-5-4-12(7-13,9(16)17)6-8(14)15/h4-7H2,1-3H3,(H,14,15)(H,16,17). The fourth-order valence-electron chi connectivity index (χ4n) is 2.04.